The molecule has 0 amide bonds. The molecule has 0 spiro atoms. The van der Waals surface area contributed by atoms with E-state index in [1.807, 2.05) is 48.2 Å². The van der Waals surface area contributed by atoms with Gasteiger partial charge in [0.2, 0.25) is 0 Å². The minimum Gasteiger partial charge on any atom is -0.398 e. The lowest BCUT2D eigenvalue weighted by atomic mass is 9.92. The lowest BCUT2D eigenvalue weighted by Gasteiger charge is -2.40. The second-order valence-corrected chi connectivity index (χ2v) is 4.36. The van der Waals surface area contributed by atoms with Crippen LogP contribution in [0.15, 0.2) is 48.3 Å². The molecule has 1 heterocycles. The third-order valence-corrected chi connectivity index (χ3v) is 3.11. The fourth-order valence-corrected chi connectivity index (χ4v) is 2.17. The summed E-state index contributed by atoms with van der Waals surface area (Å²) in [6, 6.07) is 9.83. The molecule has 0 saturated heterocycles. The standard InChI is InChI=1S/C14H18N2O/c1-3-16-10-12(15)9-13(14(16,2)17)11-7-5-4-6-8-11/h4-10,17H,3,15H2,1-2H3. The summed E-state index contributed by atoms with van der Waals surface area (Å²) < 4.78 is 0. The zero-order chi connectivity index (χ0) is 12.5. The largest absolute Gasteiger partial charge is 0.398 e. The minimum atomic E-state index is -1.01. The normalized spacial score (nSPS) is 24.3. The summed E-state index contributed by atoms with van der Waals surface area (Å²) >= 11 is 0. The van der Waals surface area contributed by atoms with Crippen molar-refractivity contribution in [3.8, 4) is 0 Å². The highest BCUT2D eigenvalue weighted by Crippen LogP contribution is 2.34. The van der Waals surface area contributed by atoms with Gasteiger partial charge in [-0.3, -0.25) is 0 Å². The van der Waals surface area contributed by atoms with Gasteiger partial charge in [-0.05, 0) is 25.5 Å². The summed E-state index contributed by atoms with van der Waals surface area (Å²) in [5, 5.41) is 10.6. The van der Waals surface area contributed by atoms with Gasteiger partial charge < -0.3 is 15.7 Å². The molecule has 0 radical (unpaired) electrons. The van der Waals surface area contributed by atoms with Crippen molar-refractivity contribution in [2.75, 3.05) is 6.54 Å². The molecule has 0 saturated carbocycles. The van der Waals surface area contributed by atoms with E-state index in [9.17, 15) is 5.11 Å². The van der Waals surface area contributed by atoms with E-state index in [0.29, 0.717) is 12.2 Å². The molecule has 1 unspecified atom stereocenters. The van der Waals surface area contributed by atoms with Crippen LogP contribution >= 0.6 is 0 Å². The van der Waals surface area contributed by atoms with Crippen molar-refractivity contribution >= 4 is 5.57 Å². The molecule has 90 valence electrons. The Balaban J connectivity index is 2.49. The van der Waals surface area contributed by atoms with Crippen LogP contribution < -0.4 is 5.73 Å². The van der Waals surface area contributed by atoms with E-state index in [2.05, 4.69) is 0 Å². The molecular formula is C14H18N2O. The van der Waals surface area contributed by atoms with Crippen LogP contribution in [0.4, 0.5) is 0 Å². The van der Waals surface area contributed by atoms with Crippen molar-refractivity contribution < 1.29 is 5.11 Å². The smallest absolute Gasteiger partial charge is 0.161 e. The Morgan fingerprint density at radius 3 is 2.53 bits per heavy atom. The van der Waals surface area contributed by atoms with E-state index in [4.69, 9.17) is 5.73 Å². The summed E-state index contributed by atoms with van der Waals surface area (Å²) in [5.74, 6) is 0. The molecule has 0 fully saturated rings. The van der Waals surface area contributed by atoms with Crippen LogP contribution in [0.3, 0.4) is 0 Å². The van der Waals surface area contributed by atoms with Gasteiger partial charge >= 0.3 is 0 Å². The maximum absolute atomic E-state index is 10.6. The Morgan fingerprint density at radius 2 is 1.94 bits per heavy atom. The number of rotatable bonds is 2. The first-order chi connectivity index (χ1) is 8.05. The van der Waals surface area contributed by atoms with E-state index in [1.165, 1.54) is 0 Å². The first-order valence-corrected chi connectivity index (χ1v) is 5.79. The van der Waals surface area contributed by atoms with Crippen LogP contribution in [0.25, 0.3) is 5.57 Å². The molecule has 2 rings (SSSR count). The molecule has 17 heavy (non-hydrogen) atoms. The van der Waals surface area contributed by atoms with Gasteiger partial charge in [-0.25, -0.2) is 0 Å². The Morgan fingerprint density at radius 1 is 1.29 bits per heavy atom. The second-order valence-electron chi connectivity index (χ2n) is 4.36. The van der Waals surface area contributed by atoms with E-state index in [1.54, 1.807) is 13.1 Å². The lowest BCUT2D eigenvalue weighted by molar-refractivity contribution is -0.0118. The Labute approximate surface area is 102 Å². The maximum atomic E-state index is 10.6. The lowest BCUT2D eigenvalue weighted by Crippen LogP contribution is -2.46. The third-order valence-electron chi connectivity index (χ3n) is 3.11. The molecule has 0 aromatic heterocycles. The molecular weight excluding hydrogens is 212 g/mol. The Kier molecular flexibility index (Phi) is 2.94. The molecule has 0 aliphatic carbocycles. The first-order valence-electron chi connectivity index (χ1n) is 5.79. The van der Waals surface area contributed by atoms with Crippen LogP contribution in [0.5, 0.6) is 0 Å². The van der Waals surface area contributed by atoms with Crippen molar-refractivity contribution in [1.82, 2.24) is 4.90 Å². The molecule has 3 N–H and O–H groups in total. The predicted molar refractivity (Wildman–Crippen MR) is 69.7 cm³/mol. The number of aliphatic hydroxyl groups is 1. The highest BCUT2D eigenvalue weighted by Gasteiger charge is 2.34. The van der Waals surface area contributed by atoms with E-state index < -0.39 is 5.72 Å². The van der Waals surface area contributed by atoms with Crippen molar-refractivity contribution in [3.05, 3.63) is 53.9 Å². The molecule has 3 heteroatoms. The van der Waals surface area contributed by atoms with Gasteiger partial charge in [0.15, 0.2) is 5.72 Å². The molecule has 1 aromatic rings. The van der Waals surface area contributed by atoms with Crippen molar-refractivity contribution in [1.29, 1.82) is 0 Å². The van der Waals surface area contributed by atoms with Crippen LogP contribution in [0.1, 0.15) is 19.4 Å². The van der Waals surface area contributed by atoms with Gasteiger partial charge in [0, 0.05) is 24.0 Å². The zero-order valence-corrected chi connectivity index (χ0v) is 10.2. The first kappa shape index (κ1) is 11.7. The highest BCUT2D eigenvalue weighted by atomic mass is 16.3. The summed E-state index contributed by atoms with van der Waals surface area (Å²) in [6.07, 6.45) is 3.62. The van der Waals surface area contributed by atoms with Gasteiger partial charge in [-0.1, -0.05) is 30.3 Å². The fourth-order valence-electron chi connectivity index (χ4n) is 2.17. The van der Waals surface area contributed by atoms with Crippen LogP contribution in [0.2, 0.25) is 0 Å². The molecule has 0 bridgehead atoms. The number of nitrogens with zero attached hydrogens (tertiary/aromatic N) is 1. The molecule has 1 aliphatic heterocycles. The number of benzene rings is 1. The van der Waals surface area contributed by atoms with Gasteiger partial charge in [0.05, 0.1) is 0 Å². The quantitative estimate of drug-likeness (QED) is 0.816. The average molecular weight is 230 g/mol. The van der Waals surface area contributed by atoms with Crippen molar-refractivity contribution in [2.24, 2.45) is 5.73 Å². The molecule has 1 aliphatic rings. The fraction of sp³-hybridized carbons (Fsp3) is 0.286. The monoisotopic (exact) mass is 230 g/mol. The summed E-state index contributed by atoms with van der Waals surface area (Å²) in [5.41, 5.74) is 7.36. The topological polar surface area (TPSA) is 49.5 Å². The minimum absolute atomic E-state index is 0.664. The Bertz CT molecular complexity index is 460. The number of likely N-dealkylation sites (N-methyl/N-ethyl adjacent to an activating group) is 1. The van der Waals surface area contributed by atoms with E-state index >= 15 is 0 Å². The van der Waals surface area contributed by atoms with Crippen LogP contribution in [0, 0.1) is 0 Å². The summed E-state index contributed by atoms with van der Waals surface area (Å²) in [7, 11) is 0. The predicted octanol–water partition coefficient (Wildman–Crippen LogP) is 1.91. The Hall–Kier alpha value is -1.74. The summed E-state index contributed by atoms with van der Waals surface area (Å²) in [4.78, 5) is 1.84. The van der Waals surface area contributed by atoms with Gasteiger partial charge in [0.25, 0.3) is 0 Å². The van der Waals surface area contributed by atoms with Crippen molar-refractivity contribution in [3.63, 3.8) is 0 Å². The number of hydrogen-bond donors (Lipinski definition) is 2. The van der Waals surface area contributed by atoms with Crippen LogP contribution in [-0.2, 0) is 0 Å². The van der Waals surface area contributed by atoms with Gasteiger partial charge in [-0.15, -0.1) is 0 Å². The maximum Gasteiger partial charge on any atom is 0.161 e. The van der Waals surface area contributed by atoms with Crippen molar-refractivity contribution in [2.45, 2.75) is 19.6 Å². The SMILES string of the molecule is CCN1C=C(N)C=C(c2ccccc2)C1(C)O. The van der Waals surface area contributed by atoms with Gasteiger partial charge in [0.1, 0.15) is 0 Å². The number of hydrogen-bond acceptors (Lipinski definition) is 3. The van der Waals surface area contributed by atoms with E-state index in [0.717, 1.165) is 11.1 Å². The highest BCUT2D eigenvalue weighted by molar-refractivity contribution is 5.74. The second kappa shape index (κ2) is 4.26. The van der Waals surface area contributed by atoms with E-state index in [-0.39, 0.29) is 0 Å². The molecule has 3 nitrogen and oxygen atoms in total. The molecule has 1 atom stereocenters. The number of nitrogens with two attached hydrogens (primary N) is 1. The van der Waals surface area contributed by atoms with Crippen LogP contribution in [-0.4, -0.2) is 22.3 Å². The molecule has 1 aromatic carbocycles. The number of allylic oxidation sites excluding steroid dienone is 1. The summed E-state index contributed by atoms with van der Waals surface area (Å²) in [6.45, 7) is 4.49. The third kappa shape index (κ3) is 2.06. The zero-order valence-electron chi connectivity index (χ0n) is 10.2. The van der Waals surface area contributed by atoms with Gasteiger partial charge in [-0.2, -0.15) is 0 Å². The average Bonchev–Trinajstić information content (AvgIpc) is 2.32.